The number of nitrogens with one attached hydrogen (secondary N) is 1. The average Bonchev–Trinajstić information content (AvgIpc) is 2.78. The second kappa shape index (κ2) is 6.90. The van der Waals surface area contributed by atoms with E-state index in [4.69, 9.17) is 0 Å². The van der Waals surface area contributed by atoms with Crippen LogP contribution in [0.25, 0.3) is 0 Å². The smallest absolute Gasteiger partial charge is 0.236 e. The van der Waals surface area contributed by atoms with E-state index in [0.29, 0.717) is 6.54 Å². The Bertz CT molecular complexity index is 356. The van der Waals surface area contributed by atoms with Gasteiger partial charge in [-0.05, 0) is 42.2 Å². The number of rotatable bonds is 4. The lowest BCUT2D eigenvalue weighted by Gasteiger charge is -2.21. The van der Waals surface area contributed by atoms with Gasteiger partial charge < -0.3 is 10.2 Å². The van der Waals surface area contributed by atoms with Gasteiger partial charge in [0.25, 0.3) is 0 Å². The molecule has 1 saturated heterocycles. The van der Waals surface area contributed by atoms with E-state index in [9.17, 15) is 4.79 Å². The van der Waals surface area contributed by atoms with Gasteiger partial charge in [0, 0.05) is 19.1 Å². The number of likely N-dealkylation sites (tertiary alicyclic amines) is 1. The van der Waals surface area contributed by atoms with E-state index in [-0.39, 0.29) is 11.9 Å². The minimum Gasteiger partial charge on any atom is -0.342 e. The van der Waals surface area contributed by atoms with Gasteiger partial charge in [0.05, 0.1) is 6.54 Å². The monoisotopic (exact) mass is 266 g/mol. The summed E-state index contributed by atoms with van der Waals surface area (Å²) < 4.78 is 0. The van der Waals surface area contributed by atoms with E-state index in [0.717, 1.165) is 25.9 Å². The first kappa shape index (κ1) is 13.6. The van der Waals surface area contributed by atoms with Gasteiger partial charge in [-0.2, -0.15) is 11.3 Å². The van der Waals surface area contributed by atoms with Gasteiger partial charge in [0.2, 0.25) is 5.91 Å². The van der Waals surface area contributed by atoms with Gasteiger partial charge in [-0.1, -0.05) is 12.8 Å². The second-order valence-corrected chi connectivity index (χ2v) is 5.73. The summed E-state index contributed by atoms with van der Waals surface area (Å²) in [7, 11) is 0. The summed E-state index contributed by atoms with van der Waals surface area (Å²) in [6.07, 6.45) is 4.85. The Kier molecular flexibility index (Phi) is 5.20. The first-order chi connectivity index (χ1) is 8.77. The van der Waals surface area contributed by atoms with Gasteiger partial charge in [0.1, 0.15) is 0 Å². The van der Waals surface area contributed by atoms with E-state index in [1.54, 1.807) is 11.3 Å². The molecule has 2 rings (SSSR count). The molecule has 2 heterocycles. The third-order valence-electron chi connectivity index (χ3n) is 3.56. The Morgan fingerprint density at radius 3 is 2.72 bits per heavy atom. The maximum atomic E-state index is 12.1. The Morgan fingerprint density at radius 1 is 1.39 bits per heavy atom. The molecule has 4 heteroatoms. The Labute approximate surface area is 113 Å². The molecule has 1 atom stereocenters. The number of thiophene rings is 1. The number of carbonyl (C=O) groups is 1. The van der Waals surface area contributed by atoms with Crippen molar-refractivity contribution in [3.05, 3.63) is 22.4 Å². The largest absolute Gasteiger partial charge is 0.342 e. The minimum atomic E-state index is 0.249. The van der Waals surface area contributed by atoms with Crippen LogP contribution in [0.4, 0.5) is 0 Å². The molecule has 1 amide bonds. The predicted octanol–water partition coefficient (Wildman–Crippen LogP) is 2.80. The normalized spacial score (nSPS) is 18.4. The number of nitrogens with zero attached hydrogens (tertiary/aromatic N) is 1. The molecule has 1 aromatic rings. The van der Waals surface area contributed by atoms with E-state index >= 15 is 0 Å². The Balaban J connectivity index is 1.77. The lowest BCUT2D eigenvalue weighted by atomic mass is 10.2. The highest BCUT2D eigenvalue weighted by molar-refractivity contribution is 7.07. The van der Waals surface area contributed by atoms with Gasteiger partial charge in [0.15, 0.2) is 0 Å². The van der Waals surface area contributed by atoms with Crippen LogP contribution in [0.1, 0.15) is 44.2 Å². The SMILES string of the molecule is CC(NCC(=O)N1CCCCCC1)c1ccsc1. The van der Waals surface area contributed by atoms with Crippen molar-refractivity contribution in [3.63, 3.8) is 0 Å². The van der Waals surface area contributed by atoms with E-state index in [1.165, 1.54) is 18.4 Å². The molecular formula is C14H22N2OS. The first-order valence-electron chi connectivity index (χ1n) is 6.80. The number of carbonyl (C=O) groups excluding carboxylic acids is 1. The molecule has 0 bridgehead atoms. The summed E-state index contributed by atoms with van der Waals surface area (Å²) in [5.41, 5.74) is 1.27. The van der Waals surface area contributed by atoms with Crippen LogP contribution in [0, 0.1) is 0 Å². The van der Waals surface area contributed by atoms with E-state index < -0.39 is 0 Å². The summed E-state index contributed by atoms with van der Waals surface area (Å²) in [6, 6.07) is 2.37. The lowest BCUT2D eigenvalue weighted by Crippen LogP contribution is -2.39. The third-order valence-corrected chi connectivity index (χ3v) is 4.26. The predicted molar refractivity (Wildman–Crippen MR) is 75.8 cm³/mol. The zero-order valence-corrected chi connectivity index (χ0v) is 11.8. The van der Waals surface area contributed by atoms with Gasteiger partial charge in [-0.3, -0.25) is 4.79 Å². The molecular weight excluding hydrogens is 244 g/mol. The van der Waals surface area contributed by atoms with Crippen LogP contribution in [0.15, 0.2) is 16.8 Å². The number of amides is 1. The van der Waals surface area contributed by atoms with Crippen LogP contribution in [0.5, 0.6) is 0 Å². The number of hydrogen-bond donors (Lipinski definition) is 1. The van der Waals surface area contributed by atoms with Crippen molar-refractivity contribution in [3.8, 4) is 0 Å². The Hall–Kier alpha value is -0.870. The average molecular weight is 266 g/mol. The zero-order chi connectivity index (χ0) is 12.8. The van der Waals surface area contributed by atoms with Crippen molar-refractivity contribution in [2.24, 2.45) is 0 Å². The van der Waals surface area contributed by atoms with Crippen LogP contribution in [0.3, 0.4) is 0 Å². The van der Waals surface area contributed by atoms with Crippen molar-refractivity contribution >= 4 is 17.2 Å². The van der Waals surface area contributed by atoms with Crippen molar-refractivity contribution in [2.75, 3.05) is 19.6 Å². The molecule has 1 aliphatic rings. The molecule has 0 saturated carbocycles. The van der Waals surface area contributed by atoms with Crippen molar-refractivity contribution < 1.29 is 4.79 Å². The van der Waals surface area contributed by atoms with Crippen molar-refractivity contribution in [1.29, 1.82) is 0 Å². The molecule has 0 aromatic carbocycles. The maximum absolute atomic E-state index is 12.1. The zero-order valence-electron chi connectivity index (χ0n) is 11.0. The summed E-state index contributed by atoms with van der Waals surface area (Å²) >= 11 is 1.70. The molecule has 0 radical (unpaired) electrons. The second-order valence-electron chi connectivity index (χ2n) is 4.95. The summed E-state index contributed by atoms with van der Waals surface area (Å²) in [5.74, 6) is 0.249. The van der Waals surface area contributed by atoms with Gasteiger partial charge in [-0.25, -0.2) is 0 Å². The molecule has 1 aliphatic heterocycles. The molecule has 3 nitrogen and oxygen atoms in total. The fraction of sp³-hybridized carbons (Fsp3) is 0.643. The van der Waals surface area contributed by atoms with Crippen molar-refractivity contribution in [2.45, 2.75) is 38.6 Å². The molecule has 0 aliphatic carbocycles. The highest BCUT2D eigenvalue weighted by Gasteiger charge is 2.16. The van der Waals surface area contributed by atoms with Crippen molar-refractivity contribution in [1.82, 2.24) is 10.2 Å². The topological polar surface area (TPSA) is 32.3 Å². The summed E-state index contributed by atoms with van der Waals surface area (Å²) in [5, 5.41) is 7.52. The van der Waals surface area contributed by atoms with Crippen LogP contribution >= 0.6 is 11.3 Å². The van der Waals surface area contributed by atoms with E-state index in [2.05, 4.69) is 29.1 Å². The molecule has 0 spiro atoms. The fourth-order valence-electron chi connectivity index (χ4n) is 2.31. The molecule has 100 valence electrons. The van der Waals surface area contributed by atoms with Crippen LogP contribution < -0.4 is 5.32 Å². The number of hydrogen-bond acceptors (Lipinski definition) is 3. The minimum absolute atomic E-state index is 0.249. The van der Waals surface area contributed by atoms with Crippen LogP contribution in [0.2, 0.25) is 0 Å². The fourth-order valence-corrected chi connectivity index (χ4v) is 3.07. The first-order valence-corrected chi connectivity index (χ1v) is 7.75. The Morgan fingerprint density at radius 2 is 2.11 bits per heavy atom. The summed E-state index contributed by atoms with van der Waals surface area (Å²) in [4.78, 5) is 14.1. The molecule has 18 heavy (non-hydrogen) atoms. The molecule has 1 aromatic heterocycles. The van der Waals surface area contributed by atoms with Gasteiger partial charge in [-0.15, -0.1) is 0 Å². The third kappa shape index (κ3) is 3.82. The van der Waals surface area contributed by atoms with Crippen LogP contribution in [-0.4, -0.2) is 30.4 Å². The lowest BCUT2D eigenvalue weighted by molar-refractivity contribution is -0.130. The van der Waals surface area contributed by atoms with Gasteiger partial charge >= 0.3 is 0 Å². The maximum Gasteiger partial charge on any atom is 0.236 e. The molecule has 1 fully saturated rings. The summed E-state index contributed by atoms with van der Waals surface area (Å²) in [6.45, 7) is 4.44. The highest BCUT2D eigenvalue weighted by Crippen LogP contribution is 2.15. The van der Waals surface area contributed by atoms with E-state index in [1.807, 2.05) is 4.90 Å². The highest BCUT2D eigenvalue weighted by atomic mass is 32.1. The molecule has 1 unspecified atom stereocenters. The molecule has 1 N–H and O–H groups in total. The van der Waals surface area contributed by atoms with Crippen LogP contribution in [-0.2, 0) is 4.79 Å². The quantitative estimate of drug-likeness (QED) is 0.909. The standard InChI is InChI=1S/C14H22N2OS/c1-12(13-6-9-18-11-13)15-10-14(17)16-7-4-2-3-5-8-16/h6,9,11-12,15H,2-5,7-8,10H2,1H3.